The molecule has 0 aliphatic carbocycles. The van der Waals surface area contributed by atoms with Gasteiger partial charge in [0.1, 0.15) is 16.5 Å². The lowest BCUT2D eigenvalue weighted by Crippen LogP contribution is -1.98. The van der Waals surface area contributed by atoms with Crippen LogP contribution in [0.1, 0.15) is 16.5 Å². The third-order valence-electron chi connectivity index (χ3n) is 2.06. The summed E-state index contributed by atoms with van der Waals surface area (Å²) >= 11 is 7.62. The molecule has 0 spiro atoms. The topological polar surface area (TPSA) is 33.1 Å². The number of rotatable bonds is 2. The van der Waals surface area contributed by atoms with E-state index in [9.17, 15) is 9.50 Å². The number of hydrogen-bond acceptors (Lipinski definition) is 3. The van der Waals surface area contributed by atoms with Gasteiger partial charge in [-0.3, -0.25) is 0 Å². The van der Waals surface area contributed by atoms with E-state index in [0.717, 1.165) is 0 Å². The quantitative estimate of drug-likeness (QED) is 0.874. The fraction of sp³-hybridized carbons (Fsp3) is 0.100. The van der Waals surface area contributed by atoms with E-state index in [0.29, 0.717) is 19.5 Å². The van der Waals surface area contributed by atoms with Crippen LogP contribution in [0.15, 0.2) is 32.8 Å². The van der Waals surface area contributed by atoms with Gasteiger partial charge in [0.25, 0.3) is 0 Å². The second kappa shape index (κ2) is 4.91. The minimum Gasteiger partial charge on any atom is -0.383 e. The van der Waals surface area contributed by atoms with Gasteiger partial charge in [-0.05, 0) is 49.6 Å². The molecule has 0 aliphatic heterocycles. The van der Waals surface area contributed by atoms with Crippen LogP contribution in [0.25, 0.3) is 0 Å². The first-order valence-electron chi connectivity index (χ1n) is 4.31. The lowest BCUT2D eigenvalue weighted by Gasteiger charge is -2.09. The summed E-state index contributed by atoms with van der Waals surface area (Å²) in [4.78, 5) is 4.64. The van der Waals surface area contributed by atoms with Crippen molar-refractivity contribution in [2.45, 2.75) is 6.10 Å². The molecule has 0 saturated carbocycles. The number of halogens is 3. The maximum atomic E-state index is 13.3. The largest absolute Gasteiger partial charge is 0.383 e. The Morgan fingerprint density at radius 1 is 1.38 bits per heavy atom. The van der Waals surface area contributed by atoms with Gasteiger partial charge < -0.3 is 5.11 Å². The molecule has 0 fully saturated rings. The van der Waals surface area contributed by atoms with Crippen LogP contribution in [0.4, 0.5) is 4.39 Å². The first-order chi connectivity index (χ1) is 7.59. The molecule has 1 aromatic carbocycles. The summed E-state index contributed by atoms with van der Waals surface area (Å²) in [7, 11) is 0. The van der Waals surface area contributed by atoms with E-state index in [2.05, 4.69) is 36.8 Å². The number of nitrogens with zero attached hydrogens (tertiary/aromatic N) is 1. The van der Waals surface area contributed by atoms with Gasteiger partial charge in [-0.2, -0.15) is 0 Å². The highest BCUT2D eigenvalue weighted by Crippen LogP contribution is 2.32. The average Bonchev–Trinajstić information content (AvgIpc) is 2.67. The van der Waals surface area contributed by atoms with Crippen LogP contribution < -0.4 is 0 Å². The minimum absolute atomic E-state index is 0.381. The highest BCUT2D eigenvalue weighted by molar-refractivity contribution is 9.10. The van der Waals surface area contributed by atoms with Crippen molar-refractivity contribution in [3.8, 4) is 0 Å². The van der Waals surface area contributed by atoms with E-state index in [1.165, 1.54) is 17.4 Å². The second-order valence-electron chi connectivity index (χ2n) is 3.08. The number of aliphatic hydroxyl groups excluding tert-OH is 1. The Hall–Kier alpha value is -0.300. The Kier molecular flexibility index (Phi) is 3.73. The molecule has 0 radical (unpaired) electrons. The lowest BCUT2D eigenvalue weighted by atomic mass is 10.1. The van der Waals surface area contributed by atoms with Gasteiger partial charge in [0.15, 0.2) is 0 Å². The van der Waals surface area contributed by atoms with Gasteiger partial charge >= 0.3 is 0 Å². The third-order valence-corrected chi connectivity index (χ3v) is 4.48. The van der Waals surface area contributed by atoms with Crippen molar-refractivity contribution < 1.29 is 9.50 Å². The molecule has 6 heteroatoms. The second-order valence-corrected chi connectivity index (χ2v) is 5.58. The molecule has 0 amide bonds. The molecular weight excluding hydrogens is 361 g/mol. The highest BCUT2D eigenvalue weighted by Gasteiger charge is 2.17. The summed E-state index contributed by atoms with van der Waals surface area (Å²) in [6, 6.07) is 4.55. The molecule has 0 aliphatic rings. The summed E-state index contributed by atoms with van der Waals surface area (Å²) < 4.78 is 14.3. The van der Waals surface area contributed by atoms with Crippen LogP contribution in [0, 0.1) is 5.82 Å². The Morgan fingerprint density at radius 2 is 2.12 bits per heavy atom. The molecule has 1 heterocycles. The van der Waals surface area contributed by atoms with E-state index >= 15 is 0 Å². The fourth-order valence-corrected chi connectivity index (χ4v) is 2.92. The Bertz CT molecular complexity index is 517. The van der Waals surface area contributed by atoms with Crippen LogP contribution in [0.5, 0.6) is 0 Å². The molecule has 16 heavy (non-hydrogen) atoms. The highest BCUT2D eigenvalue weighted by atomic mass is 79.9. The SMILES string of the molecule is OC(c1ccc(Br)c(F)c1)c1scnc1Br. The van der Waals surface area contributed by atoms with Gasteiger partial charge in [-0.1, -0.05) is 6.07 Å². The number of benzene rings is 1. The fourth-order valence-electron chi connectivity index (χ4n) is 1.25. The standard InChI is InChI=1S/C10H6Br2FNOS/c11-6-2-1-5(3-7(6)13)8(15)9-10(12)14-4-16-9/h1-4,8,15H. The summed E-state index contributed by atoms with van der Waals surface area (Å²) in [5.74, 6) is -0.391. The molecule has 2 aromatic rings. The lowest BCUT2D eigenvalue weighted by molar-refractivity contribution is 0.222. The summed E-state index contributed by atoms with van der Waals surface area (Å²) in [6.07, 6.45) is -0.857. The summed E-state index contributed by atoms with van der Waals surface area (Å²) in [5, 5.41) is 10.0. The summed E-state index contributed by atoms with van der Waals surface area (Å²) in [5.41, 5.74) is 2.13. The predicted molar refractivity (Wildman–Crippen MR) is 68.0 cm³/mol. The molecule has 84 valence electrons. The van der Waals surface area contributed by atoms with Gasteiger partial charge in [0.2, 0.25) is 0 Å². The Morgan fingerprint density at radius 3 is 2.69 bits per heavy atom. The zero-order chi connectivity index (χ0) is 11.7. The molecule has 0 saturated heterocycles. The van der Waals surface area contributed by atoms with E-state index in [-0.39, 0.29) is 0 Å². The molecule has 1 N–H and O–H groups in total. The Balaban J connectivity index is 2.38. The smallest absolute Gasteiger partial charge is 0.137 e. The monoisotopic (exact) mass is 365 g/mol. The number of aliphatic hydroxyl groups is 1. The molecule has 1 aromatic heterocycles. The average molecular weight is 367 g/mol. The molecule has 0 bridgehead atoms. The minimum atomic E-state index is -0.857. The van der Waals surface area contributed by atoms with Crippen molar-refractivity contribution in [1.29, 1.82) is 0 Å². The van der Waals surface area contributed by atoms with Crippen molar-refractivity contribution in [3.05, 3.63) is 49.0 Å². The zero-order valence-electron chi connectivity index (χ0n) is 7.82. The Labute approximate surface area is 112 Å². The van der Waals surface area contributed by atoms with E-state index in [1.54, 1.807) is 17.6 Å². The van der Waals surface area contributed by atoms with Crippen molar-refractivity contribution >= 4 is 43.2 Å². The van der Waals surface area contributed by atoms with Crippen molar-refractivity contribution in [3.63, 3.8) is 0 Å². The number of hydrogen-bond donors (Lipinski definition) is 1. The summed E-state index contributed by atoms with van der Waals surface area (Å²) in [6.45, 7) is 0. The van der Waals surface area contributed by atoms with Crippen molar-refractivity contribution in [2.24, 2.45) is 0 Å². The maximum absolute atomic E-state index is 13.3. The molecular formula is C10H6Br2FNOS. The molecule has 1 unspecified atom stereocenters. The van der Waals surface area contributed by atoms with Gasteiger partial charge in [0, 0.05) is 0 Å². The van der Waals surface area contributed by atoms with Crippen LogP contribution >= 0.6 is 43.2 Å². The van der Waals surface area contributed by atoms with Crippen LogP contribution in [0.2, 0.25) is 0 Å². The van der Waals surface area contributed by atoms with Crippen molar-refractivity contribution in [1.82, 2.24) is 4.98 Å². The van der Waals surface area contributed by atoms with Crippen LogP contribution in [-0.2, 0) is 0 Å². The molecule has 1 atom stereocenters. The third kappa shape index (κ3) is 2.34. The first kappa shape index (κ1) is 12.2. The number of thiazole rings is 1. The normalized spacial score (nSPS) is 12.8. The zero-order valence-corrected chi connectivity index (χ0v) is 11.8. The van der Waals surface area contributed by atoms with E-state index in [1.807, 2.05) is 0 Å². The maximum Gasteiger partial charge on any atom is 0.137 e. The number of aromatic nitrogens is 1. The van der Waals surface area contributed by atoms with Crippen molar-refractivity contribution in [2.75, 3.05) is 0 Å². The predicted octanol–water partition coefficient (Wildman–Crippen LogP) is 3.89. The first-order valence-corrected chi connectivity index (χ1v) is 6.78. The van der Waals surface area contributed by atoms with E-state index < -0.39 is 11.9 Å². The van der Waals surface area contributed by atoms with Crippen LogP contribution in [0.3, 0.4) is 0 Å². The van der Waals surface area contributed by atoms with E-state index in [4.69, 9.17) is 0 Å². The molecule has 2 nitrogen and oxygen atoms in total. The van der Waals surface area contributed by atoms with Crippen LogP contribution in [-0.4, -0.2) is 10.1 Å². The van der Waals surface area contributed by atoms with Gasteiger partial charge in [-0.15, -0.1) is 11.3 Å². The van der Waals surface area contributed by atoms with Gasteiger partial charge in [0.05, 0.1) is 14.9 Å². The van der Waals surface area contributed by atoms with Gasteiger partial charge in [-0.25, -0.2) is 9.37 Å². The molecule has 2 rings (SSSR count).